The molecule has 10 fully saturated rings. The summed E-state index contributed by atoms with van der Waals surface area (Å²) >= 11 is 0. The van der Waals surface area contributed by atoms with E-state index in [1.54, 1.807) is 0 Å². The molecule has 76 heavy (non-hydrogen) atoms. The topological polar surface area (TPSA) is 364 Å². The molecule has 0 bridgehead atoms. The first-order valence-corrected chi connectivity index (χ1v) is 27.8. The molecule has 0 aromatic carbocycles. The van der Waals surface area contributed by atoms with Gasteiger partial charge in [0.15, 0.2) is 30.9 Å². The predicted octanol–water partition coefficient (Wildman–Crippen LogP) is -3.16. The first-order chi connectivity index (χ1) is 36.1. The molecule has 0 unspecified atom stereocenters. The van der Waals surface area contributed by atoms with E-state index >= 15 is 0 Å². The normalized spacial score (nSPS) is 56.3. The minimum absolute atomic E-state index is 0.0349. The van der Waals surface area contributed by atoms with E-state index in [2.05, 4.69) is 33.0 Å². The van der Waals surface area contributed by atoms with Gasteiger partial charge in [0.1, 0.15) is 97.7 Å². The van der Waals surface area contributed by atoms with Crippen molar-refractivity contribution >= 4 is 5.97 Å². The Morgan fingerprint density at radius 3 is 1.93 bits per heavy atom. The molecule has 0 aromatic rings. The Bertz CT molecular complexity index is 1990. The van der Waals surface area contributed by atoms with Crippen molar-refractivity contribution in [2.75, 3.05) is 33.0 Å². The number of piperidine rings is 1. The van der Waals surface area contributed by atoms with Gasteiger partial charge < -0.3 is 109 Å². The number of hydrogen-bond donors (Lipinski definition) is 13. The summed E-state index contributed by atoms with van der Waals surface area (Å²) in [7, 11) is 0. The van der Waals surface area contributed by atoms with Crippen LogP contribution < -0.4 is 5.32 Å². The first-order valence-electron chi connectivity index (χ1n) is 27.8. The molecule has 24 heteroatoms. The summed E-state index contributed by atoms with van der Waals surface area (Å²) < 4.78 is 61.0. The lowest BCUT2D eigenvalue weighted by Crippen LogP contribution is -2.68. The second-order valence-corrected chi connectivity index (χ2v) is 24.7. The standard InChI is InChI=1S/C52H85NO23/c1-20-12-33(68-22(3)57)52(53-15-20)21(2)34-29(76-52)14-27-25-7-6-23-13-24(8-10-50(23,4)26(25)9-11-51(27,34)5)69-47-42(66)39(63)43(32(18-56)72-47)73-49-45(75-48-41(65)38(62)36(60)30(16-54)70-48)44(37(61)31(17-55)71-49)74-46-40(64)35(59)28(58)19-67-46/h20-21,23-49,53-56,58-66H,6-19H2,1-5H3/t20-,21+,23+,24+,25-,26+,27+,28-,29+,30-,31-,32-,33+,34+,35+,36-,37-,38+,39+,40-,41-,42-,43+,44+,45-,46+,47-,48+,49+,50+,51+,52+/m1/s1. The molecule has 4 saturated carbocycles. The van der Waals surface area contributed by atoms with Crippen LogP contribution in [0.4, 0.5) is 0 Å². The molecular formula is C52H85NO23. The third-order valence-electron chi connectivity index (χ3n) is 20.5. The summed E-state index contributed by atoms with van der Waals surface area (Å²) in [6.07, 6.45) is -25.5. The minimum Gasteiger partial charge on any atom is -0.458 e. The van der Waals surface area contributed by atoms with Gasteiger partial charge >= 0.3 is 5.97 Å². The smallest absolute Gasteiger partial charge is 0.303 e. The van der Waals surface area contributed by atoms with Crippen LogP contribution in [0.5, 0.6) is 0 Å². The van der Waals surface area contributed by atoms with Gasteiger partial charge in [0.25, 0.3) is 0 Å². The van der Waals surface area contributed by atoms with Gasteiger partial charge in [-0.25, -0.2) is 0 Å². The molecule has 0 aromatic heterocycles. The Morgan fingerprint density at radius 2 is 1.22 bits per heavy atom. The number of esters is 1. The van der Waals surface area contributed by atoms with Crippen molar-refractivity contribution in [2.45, 2.75) is 233 Å². The number of carbonyl (C=O) groups is 1. The molecule has 10 rings (SSSR count). The van der Waals surface area contributed by atoms with Crippen molar-refractivity contribution in [1.29, 1.82) is 0 Å². The summed E-state index contributed by atoms with van der Waals surface area (Å²) in [4.78, 5) is 12.3. The van der Waals surface area contributed by atoms with Crippen LogP contribution in [-0.2, 0) is 52.2 Å². The third kappa shape index (κ3) is 9.93. The highest BCUT2D eigenvalue weighted by atomic mass is 16.8. The number of ether oxygens (including phenoxy) is 10. The highest BCUT2D eigenvalue weighted by Crippen LogP contribution is 2.71. The maximum absolute atomic E-state index is 12.3. The fraction of sp³-hybridized carbons (Fsp3) is 0.981. The van der Waals surface area contributed by atoms with E-state index in [0.717, 1.165) is 51.5 Å². The van der Waals surface area contributed by atoms with Crippen molar-refractivity contribution in [3.8, 4) is 0 Å². The van der Waals surface area contributed by atoms with Gasteiger partial charge in [-0.05, 0) is 104 Å². The monoisotopic (exact) mass is 1090 g/mol. The van der Waals surface area contributed by atoms with Gasteiger partial charge in [-0.1, -0.05) is 27.7 Å². The average molecular weight is 1090 g/mol. The van der Waals surface area contributed by atoms with Crippen molar-refractivity contribution in [1.82, 2.24) is 5.32 Å². The summed E-state index contributed by atoms with van der Waals surface area (Å²) in [6, 6.07) is 0. The van der Waals surface area contributed by atoms with Crippen LogP contribution in [-0.4, -0.2) is 241 Å². The Morgan fingerprint density at radius 1 is 0.605 bits per heavy atom. The number of nitrogens with one attached hydrogen (secondary N) is 1. The van der Waals surface area contributed by atoms with Crippen molar-refractivity contribution < 1.29 is 113 Å². The van der Waals surface area contributed by atoms with Gasteiger partial charge in [-0.15, -0.1) is 0 Å². The highest BCUT2D eigenvalue weighted by molar-refractivity contribution is 5.66. The fourth-order valence-electron chi connectivity index (χ4n) is 16.5. The molecule has 6 aliphatic heterocycles. The van der Waals surface area contributed by atoms with Gasteiger partial charge in [0.2, 0.25) is 0 Å². The molecule has 4 aliphatic carbocycles. The number of aliphatic hydroxyl groups excluding tert-OH is 12. The minimum atomic E-state index is -2.01. The van der Waals surface area contributed by atoms with Crippen LogP contribution in [0.15, 0.2) is 0 Å². The maximum Gasteiger partial charge on any atom is 0.303 e. The molecular weight excluding hydrogens is 1010 g/mol. The van der Waals surface area contributed by atoms with Crippen LogP contribution in [0.3, 0.4) is 0 Å². The van der Waals surface area contributed by atoms with Crippen molar-refractivity contribution in [3.05, 3.63) is 0 Å². The number of rotatable bonds is 12. The van der Waals surface area contributed by atoms with E-state index in [4.69, 9.17) is 47.4 Å². The Labute approximate surface area is 442 Å². The van der Waals surface area contributed by atoms with Gasteiger partial charge in [0, 0.05) is 19.4 Å². The molecule has 6 saturated heterocycles. The second-order valence-electron chi connectivity index (χ2n) is 24.7. The molecule has 10 aliphatic rings. The summed E-state index contributed by atoms with van der Waals surface area (Å²) in [5, 5.41) is 133. The van der Waals surface area contributed by atoms with Gasteiger partial charge in [-0.3, -0.25) is 10.1 Å². The van der Waals surface area contributed by atoms with Gasteiger partial charge in [-0.2, -0.15) is 0 Å². The van der Waals surface area contributed by atoms with E-state index in [1.165, 1.54) is 6.92 Å². The number of aliphatic hydroxyl groups is 12. The average Bonchev–Trinajstić information content (AvgIpc) is 4.05. The molecule has 32 atom stereocenters. The Hall–Kier alpha value is -1.41. The summed E-state index contributed by atoms with van der Waals surface area (Å²) in [5.41, 5.74) is -0.582. The van der Waals surface area contributed by atoms with Crippen LogP contribution in [0.25, 0.3) is 0 Å². The highest BCUT2D eigenvalue weighted by Gasteiger charge is 2.71. The number of hydrogen-bond acceptors (Lipinski definition) is 24. The lowest BCUT2D eigenvalue weighted by molar-refractivity contribution is -0.404. The van der Waals surface area contributed by atoms with Crippen LogP contribution in [0.1, 0.15) is 92.4 Å². The lowest BCUT2D eigenvalue weighted by Gasteiger charge is -2.61. The molecule has 13 N–H and O–H groups in total. The summed E-state index contributed by atoms with van der Waals surface area (Å²) in [5.74, 6) is 2.40. The first kappa shape index (κ1) is 57.8. The van der Waals surface area contributed by atoms with Crippen molar-refractivity contribution in [2.24, 2.45) is 52.3 Å². The fourth-order valence-corrected chi connectivity index (χ4v) is 16.5. The molecule has 1 spiro atoms. The van der Waals surface area contributed by atoms with Crippen LogP contribution >= 0.6 is 0 Å². The number of carbonyl (C=O) groups excluding carboxylic acids is 1. The zero-order valence-electron chi connectivity index (χ0n) is 44.0. The number of fused-ring (bicyclic) bond motifs is 7. The zero-order chi connectivity index (χ0) is 54.5. The van der Waals surface area contributed by atoms with Crippen LogP contribution in [0.2, 0.25) is 0 Å². The largest absolute Gasteiger partial charge is 0.458 e. The zero-order valence-corrected chi connectivity index (χ0v) is 44.0. The Balaban J connectivity index is 0.809. The van der Waals surface area contributed by atoms with E-state index in [1.807, 2.05) is 0 Å². The molecule has 0 amide bonds. The third-order valence-corrected chi connectivity index (χ3v) is 20.5. The Kier molecular flexibility index (Phi) is 17.0. The van der Waals surface area contributed by atoms with Crippen molar-refractivity contribution in [3.63, 3.8) is 0 Å². The van der Waals surface area contributed by atoms with Crippen LogP contribution in [0, 0.1) is 52.3 Å². The van der Waals surface area contributed by atoms with E-state index in [9.17, 15) is 66.1 Å². The molecule has 436 valence electrons. The van der Waals surface area contributed by atoms with Gasteiger partial charge in [0.05, 0.1) is 38.6 Å². The molecule has 6 heterocycles. The quantitative estimate of drug-likeness (QED) is 0.0678. The van der Waals surface area contributed by atoms with E-state index < -0.39 is 149 Å². The maximum atomic E-state index is 12.3. The van der Waals surface area contributed by atoms with E-state index in [-0.39, 0.29) is 41.0 Å². The van der Waals surface area contributed by atoms with E-state index in [0.29, 0.717) is 48.3 Å². The SMILES string of the molecule is CC(=O)O[C@H]1C[C@@H](C)CN[C@@]12O[C@H]1C[C@H]3[C@@H]4CC[C@H]5C[C@@H](O[C@@H]6O[C@H](CO)[C@H](O[C@@H]7O[C@H](CO)[C@@H](O)[C@H](O[C@@H]8OC[C@@H](O)[C@H](O)[C@H]8O)[C@H]7O[C@@H]7O[C@H](CO)[C@@H](O)[C@H](O)[C@H]7O)[C@@H](O)[C@H]6O)CC[C@]5(C)[C@H]4CC[C@]3(C)[C@H]1[C@@H]2C. The molecule has 24 nitrogen and oxygen atoms in total. The second kappa shape index (κ2) is 22.4. The lowest BCUT2D eigenvalue weighted by atomic mass is 9.44. The predicted molar refractivity (Wildman–Crippen MR) is 255 cm³/mol. The summed E-state index contributed by atoms with van der Waals surface area (Å²) in [6.45, 7) is 8.66. The molecule has 0 radical (unpaired) electrons.